The van der Waals surface area contributed by atoms with E-state index in [-0.39, 0.29) is 11.5 Å². The molecule has 0 bridgehead atoms. The van der Waals surface area contributed by atoms with Crippen LogP contribution in [0.5, 0.6) is 0 Å². The highest BCUT2D eigenvalue weighted by Gasteiger charge is 2.22. The molecule has 0 amide bonds. The Hall–Kier alpha value is -2.73. The molecule has 3 aromatic rings. The van der Waals surface area contributed by atoms with E-state index in [0.717, 1.165) is 47.8 Å². The molecule has 0 radical (unpaired) electrons. The van der Waals surface area contributed by atoms with Crippen molar-refractivity contribution in [3.63, 3.8) is 0 Å². The van der Waals surface area contributed by atoms with Gasteiger partial charge in [-0.25, -0.2) is 9.67 Å². The fraction of sp³-hybridized carbons (Fsp3) is 0.350. The number of nitrogens with one attached hydrogen (secondary N) is 1. The molecule has 1 aliphatic heterocycles. The largest absolute Gasteiger partial charge is 0.310 e. The van der Waals surface area contributed by atoms with Crippen LogP contribution in [0.3, 0.4) is 0 Å². The summed E-state index contributed by atoms with van der Waals surface area (Å²) in [4.78, 5) is 22.3. The number of aromatic nitrogens is 4. The van der Waals surface area contributed by atoms with Crippen molar-refractivity contribution in [2.45, 2.75) is 39.3 Å². The number of H-pyrrole nitrogens is 1. The van der Waals surface area contributed by atoms with Crippen LogP contribution < -0.4 is 5.56 Å². The quantitative estimate of drug-likeness (QED) is 0.786. The molecule has 3 heterocycles. The van der Waals surface area contributed by atoms with Crippen LogP contribution in [0.4, 0.5) is 0 Å². The minimum absolute atomic E-state index is 0.00313. The van der Waals surface area contributed by atoms with Crippen LogP contribution in [-0.4, -0.2) is 31.2 Å². The van der Waals surface area contributed by atoms with Gasteiger partial charge in [0.1, 0.15) is 5.82 Å². The lowest BCUT2D eigenvalue weighted by atomic mass is 10.1. The molecule has 0 fully saturated rings. The van der Waals surface area contributed by atoms with Crippen molar-refractivity contribution >= 4 is 0 Å². The third kappa shape index (κ3) is 3.32. The van der Waals surface area contributed by atoms with Crippen LogP contribution in [0.15, 0.2) is 47.5 Å². The van der Waals surface area contributed by atoms with Crippen molar-refractivity contribution in [2.24, 2.45) is 0 Å². The van der Waals surface area contributed by atoms with Crippen LogP contribution in [0, 0.1) is 0 Å². The Bertz CT molecular complexity index is 958. The first kappa shape index (κ1) is 16.7. The number of hydrogen-bond acceptors (Lipinski definition) is 4. The number of rotatable bonds is 4. The molecule has 0 unspecified atom stereocenters. The molecule has 4 rings (SSSR count). The van der Waals surface area contributed by atoms with Crippen molar-refractivity contribution in [2.75, 3.05) is 6.54 Å². The normalized spacial score (nSPS) is 14.6. The minimum Gasteiger partial charge on any atom is -0.310 e. The van der Waals surface area contributed by atoms with Gasteiger partial charge < -0.3 is 4.98 Å². The molecule has 134 valence electrons. The Kier molecular flexibility index (Phi) is 4.42. The monoisotopic (exact) mass is 349 g/mol. The Balaban J connectivity index is 1.50. The molecule has 1 N–H and O–H groups in total. The second kappa shape index (κ2) is 6.88. The van der Waals surface area contributed by atoms with Gasteiger partial charge in [0.2, 0.25) is 0 Å². The molecule has 1 aromatic carbocycles. The van der Waals surface area contributed by atoms with Gasteiger partial charge in [-0.05, 0) is 12.1 Å². The predicted molar refractivity (Wildman–Crippen MR) is 100 cm³/mol. The van der Waals surface area contributed by atoms with Crippen LogP contribution in [0.1, 0.15) is 42.4 Å². The molecule has 0 saturated carbocycles. The molecule has 2 aromatic heterocycles. The number of para-hydroxylation sites is 1. The maximum atomic E-state index is 12.4. The van der Waals surface area contributed by atoms with E-state index in [1.807, 2.05) is 55.1 Å². The first-order valence-electron chi connectivity index (χ1n) is 9.03. The van der Waals surface area contributed by atoms with Crippen molar-refractivity contribution in [3.8, 4) is 5.69 Å². The molecule has 0 saturated heterocycles. The van der Waals surface area contributed by atoms with Crippen molar-refractivity contribution in [1.29, 1.82) is 0 Å². The molecule has 6 heteroatoms. The van der Waals surface area contributed by atoms with E-state index in [9.17, 15) is 4.79 Å². The maximum absolute atomic E-state index is 12.4. The summed E-state index contributed by atoms with van der Waals surface area (Å²) >= 11 is 0. The van der Waals surface area contributed by atoms with E-state index >= 15 is 0 Å². The van der Waals surface area contributed by atoms with Gasteiger partial charge in [-0.15, -0.1) is 0 Å². The Morgan fingerprint density at radius 2 is 2.04 bits per heavy atom. The summed E-state index contributed by atoms with van der Waals surface area (Å²) < 4.78 is 1.89. The van der Waals surface area contributed by atoms with Crippen LogP contribution in [-0.2, 0) is 19.5 Å². The summed E-state index contributed by atoms with van der Waals surface area (Å²) in [6.45, 7) is 6.40. The molecule has 1 aliphatic rings. The van der Waals surface area contributed by atoms with Gasteiger partial charge in [0.15, 0.2) is 0 Å². The summed E-state index contributed by atoms with van der Waals surface area (Å²) in [6, 6.07) is 10.1. The zero-order valence-corrected chi connectivity index (χ0v) is 15.1. The van der Waals surface area contributed by atoms with Gasteiger partial charge in [0, 0.05) is 43.7 Å². The van der Waals surface area contributed by atoms with Gasteiger partial charge in [0.05, 0.1) is 23.1 Å². The van der Waals surface area contributed by atoms with Crippen LogP contribution >= 0.6 is 0 Å². The lowest BCUT2D eigenvalue weighted by Crippen LogP contribution is -2.35. The fourth-order valence-electron chi connectivity index (χ4n) is 3.33. The highest BCUT2D eigenvalue weighted by molar-refractivity contribution is 5.31. The van der Waals surface area contributed by atoms with Crippen molar-refractivity contribution in [1.82, 2.24) is 24.6 Å². The molecule has 26 heavy (non-hydrogen) atoms. The number of aromatic amines is 1. The van der Waals surface area contributed by atoms with Gasteiger partial charge in [-0.2, -0.15) is 5.10 Å². The van der Waals surface area contributed by atoms with Crippen LogP contribution in [0.2, 0.25) is 0 Å². The third-order valence-electron chi connectivity index (χ3n) is 4.78. The highest BCUT2D eigenvalue weighted by Crippen LogP contribution is 2.18. The number of benzene rings is 1. The molecule has 0 atom stereocenters. The summed E-state index contributed by atoms with van der Waals surface area (Å²) in [5.41, 5.74) is 3.94. The Morgan fingerprint density at radius 1 is 1.23 bits per heavy atom. The predicted octanol–water partition coefficient (Wildman–Crippen LogP) is 2.64. The number of fused-ring (bicyclic) bond motifs is 1. The summed E-state index contributed by atoms with van der Waals surface area (Å²) in [6.07, 6.45) is 4.76. The average molecular weight is 349 g/mol. The molecule has 0 spiro atoms. The van der Waals surface area contributed by atoms with Crippen LogP contribution in [0.25, 0.3) is 5.69 Å². The van der Waals surface area contributed by atoms with E-state index in [1.54, 1.807) is 0 Å². The van der Waals surface area contributed by atoms with Gasteiger partial charge in [-0.1, -0.05) is 32.0 Å². The highest BCUT2D eigenvalue weighted by atomic mass is 16.1. The van der Waals surface area contributed by atoms with Gasteiger partial charge >= 0.3 is 0 Å². The van der Waals surface area contributed by atoms with E-state index < -0.39 is 0 Å². The lowest BCUT2D eigenvalue weighted by molar-refractivity contribution is 0.241. The van der Waals surface area contributed by atoms with Crippen molar-refractivity contribution in [3.05, 3.63) is 75.7 Å². The second-order valence-corrected chi connectivity index (χ2v) is 7.12. The van der Waals surface area contributed by atoms with Crippen molar-refractivity contribution < 1.29 is 0 Å². The third-order valence-corrected chi connectivity index (χ3v) is 4.78. The van der Waals surface area contributed by atoms with E-state index in [1.165, 1.54) is 0 Å². The molecule has 0 aliphatic carbocycles. The Labute approximate surface area is 152 Å². The summed E-state index contributed by atoms with van der Waals surface area (Å²) in [7, 11) is 0. The summed E-state index contributed by atoms with van der Waals surface area (Å²) in [5.74, 6) is 1.01. The molecular weight excluding hydrogens is 326 g/mol. The molecular formula is C20H23N5O. The van der Waals surface area contributed by atoms with E-state index in [0.29, 0.717) is 6.54 Å². The minimum atomic E-state index is 0.00313. The Morgan fingerprint density at radius 3 is 2.81 bits per heavy atom. The fourth-order valence-corrected chi connectivity index (χ4v) is 3.33. The first-order chi connectivity index (χ1) is 12.6. The standard InChI is InChI=1S/C20H23N5O/c1-14(2)19-22-18-8-9-24(13-17(18)20(26)23-19)11-15-10-21-25(12-15)16-6-4-3-5-7-16/h3-7,10,12,14H,8-9,11,13H2,1-2H3,(H,22,23,26). The lowest BCUT2D eigenvalue weighted by Gasteiger charge is -2.27. The van der Waals surface area contributed by atoms with E-state index in [4.69, 9.17) is 0 Å². The molecule has 6 nitrogen and oxygen atoms in total. The maximum Gasteiger partial charge on any atom is 0.255 e. The average Bonchev–Trinajstić information content (AvgIpc) is 3.11. The SMILES string of the molecule is CC(C)c1nc2c(c(=O)[nH]1)CN(Cc1cnn(-c3ccccc3)c1)CC2. The van der Waals surface area contributed by atoms with Gasteiger partial charge in [-0.3, -0.25) is 9.69 Å². The smallest absolute Gasteiger partial charge is 0.255 e. The topological polar surface area (TPSA) is 66.8 Å². The summed E-state index contributed by atoms with van der Waals surface area (Å²) in [5, 5.41) is 4.45. The zero-order valence-electron chi connectivity index (χ0n) is 15.1. The van der Waals surface area contributed by atoms with E-state index in [2.05, 4.69) is 26.2 Å². The van der Waals surface area contributed by atoms with Gasteiger partial charge in [0.25, 0.3) is 5.56 Å². The first-order valence-corrected chi connectivity index (χ1v) is 9.03. The zero-order chi connectivity index (χ0) is 18.1. The second-order valence-electron chi connectivity index (χ2n) is 7.12. The number of nitrogens with zero attached hydrogens (tertiary/aromatic N) is 4. The number of hydrogen-bond donors (Lipinski definition) is 1.